The van der Waals surface area contributed by atoms with Gasteiger partial charge in [0.2, 0.25) is 0 Å². The molecule has 0 aliphatic rings. The second-order valence-corrected chi connectivity index (χ2v) is 6.26. The van der Waals surface area contributed by atoms with E-state index in [0.717, 1.165) is 35.7 Å². The van der Waals surface area contributed by atoms with Crippen LogP contribution in [-0.4, -0.2) is 10.8 Å². The molecule has 0 saturated carbocycles. The van der Waals surface area contributed by atoms with Crippen LogP contribution in [0.2, 0.25) is 5.02 Å². The van der Waals surface area contributed by atoms with Crippen LogP contribution in [0.15, 0.2) is 48.2 Å². The van der Waals surface area contributed by atoms with Gasteiger partial charge in [-0.05, 0) is 36.1 Å². The number of nitro groups is 1. The first-order valence-electron chi connectivity index (χ1n) is 8.64. The Balaban J connectivity index is 2.24. The van der Waals surface area contributed by atoms with Crippen molar-refractivity contribution in [1.82, 2.24) is 0 Å². The first-order chi connectivity index (χ1) is 13.4. The highest BCUT2D eigenvalue weighted by Gasteiger charge is 2.16. The monoisotopic (exact) mass is 398 g/mol. The third-order valence-electron chi connectivity index (χ3n) is 4.13. The Labute approximate surface area is 167 Å². The molecule has 2 N–H and O–H groups in total. The van der Waals surface area contributed by atoms with E-state index in [1.807, 2.05) is 38.1 Å². The van der Waals surface area contributed by atoms with E-state index in [4.69, 9.17) is 11.6 Å². The van der Waals surface area contributed by atoms with Crippen molar-refractivity contribution in [3.63, 3.8) is 0 Å². The Morgan fingerprint density at radius 3 is 2.43 bits per heavy atom. The van der Waals surface area contributed by atoms with E-state index in [0.29, 0.717) is 0 Å². The van der Waals surface area contributed by atoms with Crippen molar-refractivity contribution in [1.29, 1.82) is 5.26 Å². The van der Waals surface area contributed by atoms with E-state index in [1.165, 1.54) is 18.3 Å². The van der Waals surface area contributed by atoms with E-state index in [2.05, 4.69) is 10.6 Å². The predicted molar refractivity (Wildman–Crippen MR) is 109 cm³/mol. The summed E-state index contributed by atoms with van der Waals surface area (Å²) in [6, 6.07) is 11.7. The van der Waals surface area contributed by atoms with E-state index in [1.54, 1.807) is 0 Å². The minimum absolute atomic E-state index is 0.0380. The summed E-state index contributed by atoms with van der Waals surface area (Å²) in [4.78, 5) is 22.7. The van der Waals surface area contributed by atoms with Crippen LogP contribution < -0.4 is 10.6 Å². The highest BCUT2D eigenvalue weighted by atomic mass is 35.5. The third-order valence-corrected chi connectivity index (χ3v) is 4.45. The zero-order valence-electron chi connectivity index (χ0n) is 15.5. The van der Waals surface area contributed by atoms with Gasteiger partial charge >= 0.3 is 0 Å². The number of nitrogens with one attached hydrogen (secondary N) is 2. The summed E-state index contributed by atoms with van der Waals surface area (Å²) in [6.07, 6.45) is 2.94. The van der Waals surface area contributed by atoms with Crippen molar-refractivity contribution < 1.29 is 9.72 Å². The second kappa shape index (κ2) is 9.53. The molecule has 0 aliphatic carbocycles. The molecule has 1 amide bonds. The molecule has 0 fully saturated rings. The molecule has 28 heavy (non-hydrogen) atoms. The first kappa shape index (κ1) is 20.9. The van der Waals surface area contributed by atoms with Gasteiger partial charge in [0.15, 0.2) is 0 Å². The quantitative estimate of drug-likeness (QED) is 0.300. The van der Waals surface area contributed by atoms with E-state index >= 15 is 0 Å². The maximum Gasteiger partial charge on any atom is 0.289 e. The molecular weight excluding hydrogens is 380 g/mol. The predicted octanol–water partition coefficient (Wildman–Crippen LogP) is 4.83. The molecule has 0 aliphatic heterocycles. The van der Waals surface area contributed by atoms with Crippen molar-refractivity contribution in [2.75, 3.05) is 10.6 Å². The average Bonchev–Trinajstić information content (AvgIpc) is 2.69. The number of benzene rings is 2. The van der Waals surface area contributed by atoms with Gasteiger partial charge in [-0.3, -0.25) is 14.9 Å². The summed E-state index contributed by atoms with van der Waals surface area (Å²) in [6.45, 7) is 4.05. The van der Waals surface area contributed by atoms with Crippen LogP contribution in [0.4, 0.5) is 17.1 Å². The molecule has 2 aromatic rings. The summed E-state index contributed by atoms with van der Waals surface area (Å²) in [5.74, 6) is -0.682. The number of hydrogen-bond acceptors (Lipinski definition) is 5. The molecule has 0 heterocycles. The molecular formula is C20H19ClN4O3. The number of nitrogens with zero attached hydrogens (tertiary/aromatic N) is 2. The van der Waals surface area contributed by atoms with Gasteiger partial charge < -0.3 is 10.6 Å². The van der Waals surface area contributed by atoms with Crippen molar-refractivity contribution >= 4 is 34.6 Å². The highest BCUT2D eigenvalue weighted by molar-refractivity contribution is 6.32. The molecule has 0 atom stereocenters. The lowest BCUT2D eigenvalue weighted by molar-refractivity contribution is -0.384. The molecule has 0 radical (unpaired) electrons. The fourth-order valence-electron chi connectivity index (χ4n) is 2.65. The number of anilines is 2. The third kappa shape index (κ3) is 4.87. The van der Waals surface area contributed by atoms with Gasteiger partial charge in [0.05, 0.1) is 4.92 Å². The molecule has 0 saturated heterocycles. The van der Waals surface area contributed by atoms with Crippen molar-refractivity contribution in [3.05, 3.63) is 74.4 Å². The molecule has 7 nitrogen and oxygen atoms in total. The molecule has 8 heteroatoms. The summed E-state index contributed by atoms with van der Waals surface area (Å²) in [5.41, 5.74) is 2.69. The van der Waals surface area contributed by atoms with Gasteiger partial charge in [0.1, 0.15) is 16.7 Å². The van der Waals surface area contributed by atoms with Crippen LogP contribution in [0, 0.1) is 21.4 Å². The largest absolute Gasteiger partial charge is 0.360 e. The normalized spacial score (nSPS) is 10.9. The number of carbonyl (C=O) groups is 1. The van der Waals surface area contributed by atoms with Crippen LogP contribution in [0.25, 0.3) is 0 Å². The topological polar surface area (TPSA) is 108 Å². The SMILES string of the molecule is CCc1cccc(CC)c1N/C=C(/C#N)C(=O)Nc1ccc(Cl)c([N+](=O)[O-])c1. The lowest BCUT2D eigenvalue weighted by Gasteiger charge is -2.13. The fourth-order valence-corrected chi connectivity index (χ4v) is 2.84. The summed E-state index contributed by atoms with van der Waals surface area (Å²) < 4.78 is 0. The van der Waals surface area contributed by atoms with Crippen LogP contribution in [0.5, 0.6) is 0 Å². The number of carbonyl (C=O) groups excluding carboxylic acids is 1. The van der Waals surface area contributed by atoms with Crippen LogP contribution in [-0.2, 0) is 17.6 Å². The summed E-state index contributed by atoms with van der Waals surface area (Å²) >= 11 is 5.76. The van der Waals surface area contributed by atoms with Gasteiger partial charge in [-0.25, -0.2) is 0 Å². The average molecular weight is 399 g/mol. The molecule has 0 spiro atoms. The Kier molecular flexibility index (Phi) is 7.13. The molecule has 0 unspecified atom stereocenters. The fraction of sp³-hybridized carbons (Fsp3) is 0.200. The maximum atomic E-state index is 12.4. The molecule has 0 bridgehead atoms. The zero-order chi connectivity index (χ0) is 20.7. The lowest BCUT2D eigenvalue weighted by Crippen LogP contribution is -2.15. The molecule has 144 valence electrons. The van der Waals surface area contributed by atoms with Gasteiger partial charge in [0.25, 0.3) is 11.6 Å². The van der Waals surface area contributed by atoms with Crippen LogP contribution in [0.1, 0.15) is 25.0 Å². The Morgan fingerprint density at radius 2 is 1.89 bits per heavy atom. The minimum atomic E-state index is -0.682. The number of rotatable bonds is 7. The number of para-hydroxylation sites is 1. The summed E-state index contributed by atoms with van der Waals surface area (Å²) in [7, 11) is 0. The van der Waals surface area contributed by atoms with Gasteiger partial charge in [-0.1, -0.05) is 43.6 Å². The number of hydrogen-bond donors (Lipinski definition) is 2. The second-order valence-electron chi connectivity index (χ2n) is 5.85. The van der Waals surface area contributed by atoms with Gasteiger partial charge in [-0.2, -0.15) is 5.26 Å². The Hall–Kier alpha value is -3.37. The highest BCUT2D eigenvalue weighted by Crippen LogP contribution is 2.27. The number of nitro benzene ring substituents is 1. The molecule has 0 aromatic heterocycles. The van der Waals surface area contributed by atoms with Crippen molar-refractivity contribution in [2.24, 2.45) is 0 Å². The molecule has 2 aromatic carbocycles. The first-order valence-corrected chi connectivity index (χ1v) is 9.01. The Bertz CT molecular complexity index is 958. The zero-order valence-corrected chi connectivity index (χ0v) is 16.2. The number of amides is 1. The number of halogens is 1. The lowest BCUT2D eigenvalue weighted by atomic mass is 10.0. The number of aryl methyl sites for hydroxylation is 2. The summed E-state index contributed by atoms with van der Waals surface area (Å²) in [5, 5.41) is 25.8. The van der Waals surface area contributed by atoms with E-state index < -0.39 is 10.8 Å². The minimum Gasteiger partial charge on any atom is -0.360 e. The van der Waals surface area contributed by atoms with Crippen LogP contribution in [0.3, 0.4) is 0 Å². The van der Waals surface area contributed by atoms with Crippen molar-refractivity contribution in [3.8, 4) is 6.07 Å². The number of nitriles is 1. The smallest absolute Gasteiger partial charge is 0.289 e. The van der Waals surface area contributed by atoms with Gasteiger partial charge in [-0.15, -0.1) is 0 Å². The molecule has 2 rings (SSSR count). The standard InChI is InChI=1S/C20H19ClN4O3/c1-3-13-6-5-7-14(4-2)19(13)23-12-15(11-22)20(26)24-16-8-9-17(21)18(10-16)25(27)28/h5-10,12,23H,3-4H2,1-2H3,(H,24,26)/b15-12-. The van der Waals surface area contributed by atoms with Crippen LogP contribution >= 0.6 is 11.6 Å². The van der Waals surface area contributed by atoms with Gasteiger partial charge in [0, 0.05) is 23.6 Å². The van der Waals surface area contributed by atoms with Crippen molar-refractivity contribution in [2.45, 2.75) is 26.7 Å². The van der Waals surface area contributed by atoms with E-state index in [-0.39, 0.29) is 22.0 Å². The van der Waals surface area contributed by atoms with E-state index in [9.17, 15) is 20.2 Å². The maximum absolute atomic E-state index is 12.4. The Morgan fingerprint density at radius 1 is 1.25 bits per heavy atom.